The van der Waals surface area contributed by atoms with Crippen molar-refractivity contribution in [2.75, 3.05) is 0 Å². The summed E-state index contributed by atoms with van der Waals surface area (Å²) in [5.74, 6) is 0. The first kappa shape index (κ1) is 12.1. The molecule has 0 aliphatic heterocycles. The Morgan fingerprint density at radius 1 is 1.11 bits per heavy atom. The van der Waals surface area contributed by atoms with Gasteiger partial charge < -0.3 is 0 Å². The van der Waals surface area contributed by atoms with Gasteiger partial charge >= 0.3 is 0 Å². The van der Waals surface area contributed by atoms with Crippen LogP contribution in [0.25, 0.3) is 21.7 Å². The van der Waals surface area contributed by atoms with E-state index in [-0.39, 0.29) is 0 Å². The molecular formula is C15H12BrN3. The van der Waals surface area contributed by atoms with E-state index in [1.54, 1.807) is 4.68 Å². The summed E-state index contributed by atoms with van der Waals surface area (Å²) < 4.78 is 2.65. The maximum Gasteiger partial charge on any atom is 0.113 e. The molecule has 0 atom stereocenters. The van der Waals surface area contributed by atoms with Gasteiger partial charge in [-0.25, -0.2) is 4.68 Å². The lowest BCUT2D eigenvalue weighted by Crippen LogP contribution is -1.93. The van der Waals surface area contributed by atoms with Crippen LogP contribution in [0.2, 0.25) is 0 Å². The fourth-order valence-corrected chi connectivity index (χ4v) is 2.41. The van der Waals surface area contributed by atoms with Crippen LogP contribution >= 0.6 is 15.9 Å². The van der Waals surface area contributed by atoms with Gasteiger partial charge in [0, 0.05) is 0 Å². The fourth-order valence-electron chi connectivity index (χ4n) is 1.89. The lowest BCUT2D eigenvalue weighted by Gasteiger charge is -2.01. The summed E-state index contributed by atoms with van der Waals surface area (Å²) in [5.41, 5.74) is 4.24. The number of aromatic nitrogens is 3. The van der Waals surface area contributed by atoms with E-state index in [2.05, 4.69) is 57.4 Å². The van der Waals surface area contributed by atoms with Crippen molar-refractivity contribution in [3.05, 3.63) is 59.7 Å². The number of rotatable bonds is 2. The van der Waals surface area contributed by atoms with Gasteiger partial charge in [-0.05, 0) is 46.6 Å². The average molecular weight is 314 g/mol. The predicted octanol–water partition coefficient (Wildman–Crippen LogP) is 4.09. The average Bonchev–Trinajstić information content (AvgIpc) is 2.85. The second-order valence-corrected chi connectivity index (χ2v) is 5.18. The van der Waals surface area contributed by atoms with E-state index in [1.807, 2.05) is 30.3 Å². The Balaban J connectivity index is 2.03. The van der Waals surface area contributed by atoms with Crippen LogP contribution in [0.1, 0.15) is 11.1 Å². The third kappa shape index (κ3) is 2.44. The van der Waals surface area contributed by atoms with Gasteiger partial charge in [-0.3, -0.25) is 0 Å². The molecule has 1 aromatic heterocycles. The van der Waals surface area contributed by atoms with Crippen molar-refractivity contribution in [2.45, 2.75) is 6.92 Å². The molecule has 0 amide bonds. The Morgan fingerprint density at radius 3 is 2.63 bits per heavy atom. The van der Waals surface area contributed by atoms with Gasteiger partial charge in [-0.15, -0.1) is 5.10 Å². The second kappa shape index (κ2) is 4.97. The normalized spacial score (nSPS) is 12.0. The number of halogens is 1. The molecular weight excluding hydrogens is 302 g/mol. The van der Waals surface area contributed by atoms with E-state index >= 15 is 0 Å². The van der Waals surface area contributed by atoms with Crippen LogP contribution in [-0.2, 0) is 0 Å². The van der Waals surface area contributed by atoms with Crippen LogP contribution in [-0.4, -0.2) is 15.0 Å². The number of aryl methyl sites for hydroxylation is 1. The van der Waals surface area contributed by atoms with Crippen LogP contribution < -0.4 is 0 Å². The minimum atomic E-state index is 0.866. The van der Waals surface area contributed by atoms with Crippen molar-refractivity contribution >= 4 is 37.6 Å². The molecule has 3 rings (SSSR count). The van der Waals surface area contributed by atoms with E-state index in [0.717, 1.165) is 21.2 Å². The number of benzene rings is 2. The van der Waals surface area contributed by atoms with E-state index < -0.39 is 0 Å². The maximum absolute atomic E-state index is 4.16. The summed E-state index contributed by atoms with van der Waals surface area (Å²) >= 11 is 3.56. The van der Waals surface area contributed by atoms with Gasteiger partial charge in [0.2, 0.25) is 0 Å². The molecule has 4 heteroatoms. The molecule has 0 radical (unpaired) electrons. The molecule has 2 aromatic carbocycles. The topological polar surface area (TPSA) is 30.7 Å². The van der Waals surface area contributed by atoms with Crippen LogP contribution in [0.15, 0.2) is 48.5 Å². The van der Waals surface area contributed by atoms with Crippen molar-refractivity contribution < 1.29 is 0 Å². The van der Waals surface area contributed by atoms with Crippen LogP contribution in [0.4, 0.5) is 0 Å². The van der Waals surface area contributed by atoms with E-state index in [0.29, 0.717) is 0 Å². The molecule has 0 bridgehead atoms. The molecule has 0 unspecified atom stereocenters. The molecule has 0 saturated heterocycles. The zero-order chi connectivity index (χ0) is 13.2. The van der Waals surface area contributed by atoms with E-state index in [9.17, 15) is 0 Å². The Labute approximate surface area is 119 Å². The minimum absolute atomic E-state index is 0.866. The molecule has 94 valence electrons. The first-order valence-corrected chi connectivity index (χ1v) is 6.78. The quantitative estimate of drug-likeness (QED) is 0.713. The largest absolute Gasteiger partial charge is 0.206 e. The molecule has 0 fully saturated rings. The van der Waals surface area contributed by atoms with Crippen LogP contribution in [0.3, 0.4) is 0 Å². The minimum Gasteiger partial charge on any atom is -0.206 e. The van der Waals surface area contributed by atoms with Gasteiger partial charge in [-0.2, -0.15) is 0 Å². The number of hydrogen-bond acceptors (Lipinski definition) is 2. The van der Waals surface area contributed by atoms with Crippen molar-refractivity contribution in [1.29, 1.82) is 0 Å². The van der Waals surface area contributed by atoms with Crippen LogP contribution in [0, 0.1) is 6.92 Å². The molecule has 3 aromatic rings. The SMILES string of the molecule is Cc1ccc(/C=C(/Br)n2nnc3ccccc32)cc1. The monoisotopic (exact) mass is 313 g/mol. The van der Waals surface area contributed by atoms with Gasteiger partial charge in [0.15, 0.2) is 0 Å². The van der Waals surface area contributed by atoms with Crippen molar-refractivity contribution in [3.8, 4) is 0 Å². The van der Waals surface area contributed by atoms with E-state index in [4.69, 9.17) is 0 Å². The molecule has 1 heterocycles. The lowest BCUT2D eigenvalue weighted by atomic mass is 10.1. The molecule has 0 aliphatic rings. The van der Waals surface area contributed by atoms with Crippen molar-refractivity contribution in [3.63, 3.8) is 0 Å². The highest BCUT2D eigenvalue weighted by atomic mass is 79.9. The molecule has 0 N–H and O–H groups in total. The summed E-state index contributed by atoms with van der Waals surface area (Å²) in [4.78, 5) is 0. The molecule has 0 saturated carbocycles. The van der Waals surface area contributed by atoms with Gasteiger partial charge in [0.25, 0.3) is 0 Å². The molecule has 3 nitrogen and oxygen atoms in total. The number of para-hydroxylation sites is 1. The smallest absolute Gasteiger partial charge is 0.113 e. The van der Waals surface area contributed by atoms with Crippen LogP contribution in [0.5, 0.6) is 0 Å². The summed E-state index contributed by atoms with van der Waals surface area (Å²) in [6, 6.07) is 16.2. The predicted molar refractivity (Wildman–Crippen MR) is 81.8 cm³/mol. The van der Waals surface area contributed by atoms with E-state index in [1.165, 1.54) is 5.56 Å². The molecule has 0 aliphatic carbocycles. The first-order valence-electron chi connectivity index (χ1n) is 5.99. The Morgan fingerprint density at radius 2 is 1.84 bits per heavy atom. The Bertz CT molecular complexity index is 741. The Hall–Kier alpha value is -1.94. The zero-order valence-corrected chi connectivity index (χ0v) is 12.0. The molecule has 19 heavy (non-hydrogen) atoms. The number of nitrogens with zero attached hydrogens (tertiary/aromatic N) is 3. The second-order valence-electron chi connectivity index (χ2n) is 4.37. The molecule has 0 spiro atoms. The summed E-state index contributed by atoms with van der Waals surface area (Å²) in [6.45, 7) is 2.08. The summed E-state index contributed by atoms with van der Waals surface area (Å²) in [7, 11) is 0. The highest BCUT2D eigenvalue weighted by molar-refractivity contribution is 9.15. The van der Waals surface area contributed by atoms with Gasteiger partial charge in [-0.1, -0.05) is 47.2 Å². The van der Waals surface area contributed by atoms with Gasteiger partial charge in [0.05, 0.1) is 5.52 Å². The zero-order valence-electron chi connectivity index (χ0n) is 10.4. The fraction of sp³-hybridized carbons (Fsp3) is 0.0667. The highest BCUT2D eigenvalue weighted by Gasteiger charge is 2.05. The number of fused-ring (bicyclic) bond motifs is 1. The first-order chi connectivity index (χ1) is 9.24. The maximum atomic E-state index is 4.16. The Kier molecular flexibility index (Phi) is 3.17. The summed E-state index contributed by atoms with van der Waals surface area (Å²) in [5, 5.41) is 8.30. The van der Waals surface area contributed by atoms with Crippen molar-refractivity contribution in [1.82, 2.24) is 15.0 Å². The third-order valence-electron chi connectivity index (χ3n) is 2.92. The van der Waals surface area contributed by atoms with Crippen molar-refractivity contribution in [2.24, 2.45) is 0 Å². The summed E-state index contributed by atoms with van der Waals surface area (Å²) in [6.07, 6.45) is 2.03. The van der Waals surface area contributed by atoms with Gasteiger partial charge in [0.1, 0.15) is 10.1 Å². The number of hydrogen-bond donors (Lipinski definition) is 0. The lowest BCUT2D eigenvalue weighted by molar-refractivity contribution is 0.858. The highest BCUT2D eigenvalue weighted by Crippen LogP contribution is 2.21. The standard InChI is InChI=1S/C15H12BrN3/c1-11-6-8-12(9-7-11)10-15(16)19-14-5-3-2-4-13(14)17-18-19/h2-10H,1H3/b15-10-. The third-order valence-corrected chi connectivity index (χ3v) is 3.48.